The maximum absolute atomic E-state index is 13.2. The van der Waals surface area contributed by atoms with Crippen LogP contribution in [0.15, 0.2) is 78.5 Å². The molecule has 0 radical (unpaired) electrons. The van der Waals surface area contributed by atoms with Gasteiger partial charge in [-0.15, -0.1) is 0 Å². The molecule has 1 atom stereocenters. The molecule has 1 aromatic heterocycles. The number of aliphatic hydroxyl groups is 1. The number of Topliss-reactive ketones (excluding diaryl/α,β-unsaturated/α-hetero) is 1. The quantitative estimate of drug-likeness (QED) is 0.308. The molecular formula is C27H26N2O5. The van der Waals surface area contributed by atoms with Crippen molar-refractivity contribution in [2.45, 2.75) is 32.9 Å². The Kier molecular flexibility index (Phi) is 6.63. The first kappa shape index (κ1) is 23.0. The molecule has 7 nitrogen and oxygen atoms in total. The van der Waals surface area contributed by atoms with Crippen molar-refractivity contribution in [3.63, 3.8) is 0 Å². The number of aromatic nitrogens is 1. The van der Waals surface area contributed by atoms with Gasteiger partial charge in [-0.1, -0.05) is 18.2 Å². The van der Waals surface area contributed by atoms with Crippen LogP contribution in [0, 0.1) is 0 Å². The lowest BCUT2D eigenvalue weighted by Gasteiger charge is -2.24. The largest absolute Gasteiger partial charge is 0.507 e. The number of hydrogen-bond acceptors (Lipinski definition) is 6. The van der Waals surface area contributed by atoms with Crippen molar-refractivity contribution in [1.29, 1.82) is 0 Å². The SMILES string of the molecule is CCOc1ccc(C2/C(=C(/O)c3ccc(OC(C)C)cc3)C(=O)C(=O)N2c2ccccn2)cc1. The zero-order valence-electron chi connectivity index (χ0n) is 19.3. The van der Waals surface area contributed by atoms with Gasteiger partial charge < -0.3 is 14.6 Å². The smallest absolute Gasteiger partial charge is 0.301 e. The Labute approximate surface area is 198 Å². The number of hydrogen-bond donors (Lipinski definition) is 1. The van der Waals surface area contributed by atoms with E-state index in [9.17, 15) is 14.7 Å². The minimum absolute atomic E-state index is 0.00246. The van der Waals surface area contributed by atoms with E-state index in [4.69, 9.17) is 9.47 Å². The molecule has 1 aliphatic rings. The summed E-state index contributed by atoms with van der Waals surface area (Å²) in [5, 5.41) is 11.2. The van der Waals surface area contributed by atoms with Gasteiger partial charge in [-0.05, 0) is 74.9 Å². The molecule has 0 saturated carbocycles. The summed E-state index contributed by atoms with van der Waals surface area (Å²) >= 11 is 0. The molecule has 2 heterocycles. The predicted octanol–water partition coefficient (Wildman–Crippen LogP) is 4.89. The number of aliphatic hydroxyl groups excluding tert-OH is 1. The van der Waals surface area contributed by atoms with Crippen LogP contribution in [0.2, 0.25) is 0 Å². The van der Waals surface area contributed by atoms with Crippen LogP contribution in [0.5, 0.6) is 11.5 Å². The lowest BCUT2D eigenvalue weighted by molar-refractivity contribution is -0.132. The van der Waals surface area contributed by atoms with E-state index in [1.165, 1.54) is 4.90 Å². The van der Waals surface area contributed by atoms with Crippen molar-refractivity contribution in [1.82, 2.24) is 4.98 Å². The van der Waals surface area contributed by atoms with E-state index in [0.717, 1.165) is 0 Å². The molecule has 1 amide bonds. The van der Waals surface area contributed by atoms with E-state index in [1.54, 1.807) is 72.9 Å². The van der Waals surface area contributed by atoms with Gasteiger partial charge in [0.15, 0.2) is 0 Å². The zero-order valence-corrected chi connectivity index (χ0v) is 19.3. The van der Waals surface area contributed by atoms with Gasteiger partial charge in [0.25, 0.3) is 5.78 Å². The summed E-state index contributed by atoms with van der Waals surface area (Å²) in [5.41, 5.74) is 1.05. The summed E-state index contributed by atoms with van der Waals surface area (Å²) in [6.07, 6.45) is 1.56. The van der Waals surface area contributed by atoms with Gasteiger partial charge in [-0.25, -0.2) is 4.98 Å². The van der Waals surface area contributed by atoms with Crippen LogP contribution in [0.4, 0.5) is 5.82 Å². The highest BCUT2D eigenvalue weighted by Crippen LogP contribution is 2.42. The molecule has 1 N–H and O–H groups in total. The molecule has 2 aromatic carbocycles. The fraction of sp³-hybridized carbons (Fsp3) is 0.222. The van der Waals surface area contributed by atoms with Crippen LogP contribution in [0.1, 0.15) is 37.9 Å². The monoisotopic (exact) mass is 458 g/mol. The van der Waals surface area contributed by atoms with Crippen LogP contribution < -0.4 is 14.4 Å². The Bertz CT molecular complexity index is 1200. The number of amides is 1. The molecule has 3 aromatic rings. The Morgan fingerprint density at radius 3 is 2.26 bits per heavy atom. The van der Waals surface area contributed by atoms with Crippen molar-refractivity contribution < 1.29 is 24.2 Å². The third-order valence-electron chi connectivity index (χ3n) is 5.35. The number of carbonyl (C=O) groups is 2. The van der Waals surface area contributed by atoms with Crippen molar-refractivity contribution >= 4 is 23.3 Å². The fourth-order valence-electron chi connectivity index (χ4n) is 3.91. The highest BCUT2D eigenvalue weighted by Gasteiger charge is 2.47. The summed E-state index contributed by atoms with van der Waals surface area (Å²) in [6, 6.07) is 18.2. The number of carbonyl (C=O) groups excluding carboxylic acids is 2. The maximum Gasteiger partial charge on any atom is 0.301 e. The van der Waals surface area contributed by atoms with Crippen molar-refractivity contribution in [2.75, 3.05) is 11.5 Å². The number of ether oxygens (including phenoxy) is 2. The average Bonchev–Trinajstić information content (AvgIpc) is 3.10. The van der Waals surface area contributed by atoms with Crippen LogP contribution >= 0.6 is 0 Å². The van der Waals surface area contributed by atoms with Gasteiger partial charge >= 0.3 is 5.91 Å². The second kappa shape index (κ2) is 9.79. The van der Waals surface area contributed by atoms with Crippen molar-refractivity contribution in [3.8, 4) is 11.5 Å². The first-order valence-electron chi connectivity index (χ1n) is 11.1. The Morgan fingerprint density at radius 2 is 1.68 bits per heavy atom. The molecule has 1 unspecified atom stereocenters. The average molecular weight is 459 g/mol. The second-order valence-electron chi connectivity index (χ2n) is 8.05. The van der Waals surface area contributed by atoms with Crippen molar-refractivity contribution in [2.24, 2.45) is 0 Å². The first-order valence-corrected chi connectivity index (χ1v) is 11.1. The molecule has 174 valence electrons. The van der Waals surface area contributed by atoms with Crippen LogP contribution in [0.25, 0.3) is 5.76 Å². The molecule has 0 bridgehead atoms. The summed E-state index contributed by atoms with van der Waals surface area (Å²) in [7, 11) is 0. The first-order chi connectivity index (χ1) is 16.4. The number of benzene rings is 2. The molecular weight excluding hydrogens is 432 g/mol. The summed E-state index contributed by atoms with van der Waals surface area (Å²) in [5.74, 6) is -0.149. The standard InChI is InChI=1S/C27H26N2O5/c1-4-33-20-12-8-18(9-13-20)24-23(25(30)19-10-14-21(15-11-19)34-17(2)3)26(31)27(32)29(24)22-7-5-6-16-28-22/h5-17,24,30H,4H2,1-3H3/b25-23-. The molecule has 0 aliphatic carbocycles. The molecule has 0 spiro atoms. The maximum atomic E-state index is 13.2. The van der Waals surface area contributed by atoms with Gasteiger partial charge in [0.2, 0.25) is 0 Å². The van der Waals surface area contributed by atoms with E-state index in [2.05, 4.69) is 4.98 Å². The van der Waals surface area contributed by atoms with Gasteiger partial charge in [0.05, 0.1) is 24.3 Å². The molecule has 1 saturated heterocycles. The van der Waals surface area contributed by atoms with E-state index in [0.29, 0.717) is 35.1 Å². The minimum atomic E-state index is -0.850. The molecule has 1 aliphatic heterocycles. The number of anilines is 1. The zero-order chi connectivity index (χ0) is 24.2. The molecule has 7 heteroatoms. The minimum Gasteiger partial charge on any atom is -0.507 e. The number of pyridine rings is 1. The lowest BCUT2D eigenvalue weighted by atomic mass is 9.95. The summed E-state index contributed by atoms with van der Waals surface area (Å²) in [4.78, 5) is 31.9. The molecule has 1 fully saturated rings. The lowest BCUT2D eigenvalue weighted by Crippen LogP contribution is -2.30. The summed E-state index contributed by atoms with van der Waals surface area (Å²) < 4.78 is 11.2. The number of nitrogens with zero attached hydrogens (tertiary/aromatic N) is 2. The second-order valence-corrected chi connectivity index (χ2v) is 8.05. The number of rotatable bonds is 7. The van der Waals surface area contributed by atoms with Crippen LogP contribution in [0.3, 0.4) is 0 Å². The summed E-state index contributed by atoms with van der Waals surface area (Å²) in [6.45, 7) is 6.25. The van der Waals surface area contributed by atoms with Gasteiger partial charge in [-0.3, -0.25) is 14.5 Å². The highest BCUT2D eigenvalue weighted by atomic mass is 16.5. The topological polar surface area (TPSA) is 89.0 Å². The van der Waals surface area contributed by atoms with E-state index in [1.807, 2.05) is 20.8 Å². The van der Waals surface area contributed by atoms with Crippen molar-refractivity contribution in [3.05, 3.63) is 89.6 Å². The Balaban J connectivity index is 1.83. The van der Waals surface area contributed by atoms with E-state index < -0.39 is 17.7 Å². The predicted molar refractivity (Wildman–Crippen MR) is 129 cm³/mol. The normalized spacial score (nSPS) is 17.3. The van der Waals surface area contributed by atoms with Crippen LogP contribution in [-0.4, -0.2) is 34.5 Å². The fourth-order valence-corrected chi connectivity index (χ4v) is 3.91. The highest BCUT2D eigenvalue weighted by molar-refractivity contribution is 6.51. The van der Waals surface area contributed by atoms with Gasteiger partial charge in [-0.2, -0.15) is 0 Å². The van der Waals surface area contributed by atoms with Gasteiger partial charge in [0.1, 0.15) is 23.1 Å². The van der Waals surface area contributed by atoms with Gasteiger partial charge in [0, 0.05) is 11.8 Å². The molecule has 4 rings (SSSR count). The third kappa shape index (κ3) is 4.50. The number of ketones is 1. The third-order valence-corrected chi connectivity index (χ3v) is 5.35. The molecule has 34 heavy (non-hydrogen) atoms. The van der Waals surface area contributed by atoms with E-state index in [-0.39, 0.29) is 17.4 Å². The van der Waals surface area contributed by atoms with E-state index >= 15 is 0 Å². The Hall–Kier alpha value is -4.13. The van der Waals surface area contributed by atoms with Crippen LogP contribution in [-0.2, 0) is 9.59 Å². The Morgan fingerprint density at radius 1 is 1.00 bits per heavy atom.